The molecule has 1 amide bonds. The number of para-hydroxylation sites is 1. The Balaban J connectivity index is 1.69. The summed E-state index contributed by atoms with van der Waals surface area (Å²) in [5.74, 6) is 0.426. The number of nitrogens with one attached hydrogen (secondary N) is 2. The van der Waals surface area contributed by atoms with Crippen LogP contribution < -0.4 is 21.1 Å². The first kappa shape index (κ1) is 18.7. The van der Waals surface area contributed by atoms with Crippen LogP contribution in [0.25, 0.3) is 10.9 Å². The summed E-state index contributed by atoms with van der Waals surface area (Å²) in [6.07, 6.45) is 0. The molecule has 140 valence electrons. The second kappa shape index (κ2) is 8.09. The number of aryl methyl sites for hydroxylation is 1. The maximum absolute atomic E-state index is 12.5. The van der Waals surface area contributed by atoms with Crippen LogP contribution in [0.2, 0.25) is 5.02 Å². The zero-order chi connectivity index (χ0) is 19.4. The summed E-state index contributed by atoms with van der Waals surface area (Å²) in [6, 6.07) is 12.2. The van der Waals surface area contributed by atoms with Gasteiger partial charge in [0.15, 0.2) is 6.61 Å². The van der Waals surface area contributed by atoms with Crippen molar-refractivity contribution < 1.29 is 9.53 Å². The van der Waals surface area contributed by atoms with E-state index in [1.165, 1.54) is 4.57 Å². The van der Waals surface area contributed by atoms with Gasteiger partial charge >= 0.3 is 0 Å². The van der Waals surface area contributed by atoms with Gasteiger partial charge in [0.05, 0.1) is 10.9 Å². The van der Waals surface area contributed by atoms with Gasteiger partial charge in [0.2, 0.25) is 5.95 Å². The number of rotatable bonds is 6. The molecule has 0 saturated heterocycles. The van der Waals surface area contributed by atoms with Crippen LogP contribution in [-0.4, -0.2) is 22.1 Å². The molecule has 2 aromatic carbocycles. The lowest BCUT2D eigenvalue weighted by Gasteiger charge is -2.14. The maximum atomic E-state index is 12.5. The number of amides is 1. The van der Waals surface area contributed by atoms with Crippen LogP contribution >= 0.6 is 11.6 Å². The van der Waals surface area contributed by atoms with Crippen molar-refractivity contribution in [3.05, 3.63) is 63.4 Å². The number of anilines is 1. The molecule has 0 unspecified atom stereocenters. The van der Waals surface area contributed by atoms with Crippen LogP contribution in [0.5, 0.6) is 5.75 Å². The number of fused-ring (bicyclic) bond motifs is 1. The Labute approximate surface area is 160 Å². The molecule has 0 saturated carbocycles. The highest BCUT2D eigenvalue weighted by molar-refractivity contribution is 6.30. The van der Waals surface area contributed by atoms with Gasteiger partial charge in [-0.1, -0.05) is 23.7 Å². The van der Waals surface area contributed by atoms with Crippen molar-refractivity contribution in [2.24, 2.45) is 0 Å². The number of halogens is 1. The summed E-state index contributed by atoms with van der Waals surface area (Å²) in [7, 11) is 0. The summed E-state index contributed by atoms with van der Waals surface area (Å²) in [4.78, 5) is 29.0. The molecule has 2 N–H and O–H groups in total. The van der Waals surface area contributed by atoms with Gasteiger partial charge in [-0.25, -0.2) is 4.98 Å². The third kappa shape index (κ3) is 4.20. The molecule has 0 fully saturated rings. The Morgan fingerprint density at radius 2 is 2.04 bits per heavy atom. The Morgan fingerprint density at radius 3 is 2.78 bits per heavy atom. The quantitative estimate of drug-likeness (QED) is 0.636. The smallest absolute Gasteiger partial charge is 0.276 e. The Bertz CT molecular complexity index is 1050. The second-order valence-corrected chi connectivity index (χ2v) is 6.31. The molecule has 0 atom stereocenters. The number of benzene rings is 2. The Kier molecular flexibility index (Phi) is 5.61. The number of hydrazine groups is 1. The van der Waals surface area contributed by atoms with Crippen LogP contribution in [0.3, 0.4) is 0 Å². The molecule has 7 nitrogen and oxygen atoms in total. The zero-order valence-corrected chi connectivity index (χ0v) is 15.7. The number of carbonyl (C=O) groups is 1. The summed E-state index contributed by atoms with van der Waals surface area (Å²) in [6.45, 7) is 3.89. The minimum absolute atomic E-state index is 0.173. The van der Waals surface area contributed by atoms with E-state index in [0.717, 1.165) is 5.56 Å². The Hall–Kier alpha value is -3.06. The van der Waals surface area contributed by atoms with Crippen LogP contribution in [0.4, 0.5) is 5.95 Å². The topological polar surface area (TPSA) is 85.2 Å². The van der Waals surface area contributed by atoms with Crippen molar-refractivity contribution in [2.45, 2.75) is 20.4 Å². The summed E-state index contributed by atoms with van der Waals surface area (Å²) in [5.41, 5.74) is 6.42. The lowest BCUT2D eigenvalue weighted by atomic mass is 10.2. The molecular weight excluding hydrogens is 368 g/mol. The zero-order valence-electron chi connectivity index (χ0n) is 15.0. The van der Waals surface area contributed by atoms with E-state index in [1.807, 2.05) is 13.8 Å². The summed E-state index contributed by atoms with van der Waals surface area (Å²) in [5, 5.41) is 1.13. The molecule has 0 aliphatic rings. The van der Waals surface area contributed by atoms with Crippen molar-refractivity contribution in [1.29, 1.82) is 0 Å². The van der Waals surface area contributed by atoms with E-state index >= 15 is 0 Å². The molecule has 1 aromatic heterocycles. The monoisotopic (exact) mass is 386 g/mol. The average Bonchev–Trinajstić information content (AvgIpc) is 2.66. The highest BCUT2D eigenvalue weighted by Gasteiger charge is 2.11. The number of hydrogen-bond acceptors (Lipinski definition) is 5. The number of hydrogen-bond donors (Lipinski definition) is 2. The standard InChI is InChI=1S/C19H19ClN4O3/c1-3-24-18(26)14-6-4-5-7-15(14)21-19(24)23-22-17(25)11-27-16-9-8-13(20)10-12(16)2/h4-10H,3,11H2,1-2H3,(H,21,23)(H,22,25). The predicted octanol–water partition coefficient (Wildman–Crippen LogP) is 2.90. The fourth-order valence-corrected chi connectivity index (χ4v) is 2.86. The number of nitrogens with zero attached hydrogens (tertiary/aromatic N) is 2. The number of aromatic nitrogens is 2. The molecule has 0 aliphatic heterocycles. The highest BCUT2D eigenvalue weighted by atomic mass is 35.5. The minimum Gasteiger partial charge on any atom is -0.483 e. The lowest BCUT2D eigenvalue weighted by Crippen LogP contribution is -2.37. The molecule has 8 heteroatoms. The van der Waals surface area contributed by atoms with Crippen molar-refractivity contribution in [2.75, 3.05) is 12.0 Å². The van der Waals surface area contributed by atoms with E-state index in [4.69, 9.17) is 16.3 Å². The van der Waals surface area contributed by atoms with Crippen molar-refractivity contribution in [1.82, 2.24) is 15.0 Å². The third-order valence-corrected chi connectivity index (χ3v) is 4.22. The van der Waals surface area contributed by atoms with Crippen LogP contribution in [-0.2, 0) is 11.3 Å². The van der Waals surface area contributed by atoms with Gasteiger partial charge in [0, 0.05) is 11.6 Å². The van der Waals surface area contributed by atoms with E-state index in [9.17, 15) is 9.59 Å². The van der Waals surface area contributed by atoms with E-state index in [0.29, 0.717) is 28.2 Å². The average molecular weight is 387 g/mol. The van der Waals surface area contributed by atoms with Crippen molar-refractivity contribution in [3.63, 3.8) is 0 Å². The van der Waals surface area contributed by atoms with Gasteiger partial charge in [0.25, 0.3) is 11.5 Å². The fraction of sp³-hybridized carbons (Fsp3) is 0.211. The predicted molar refractivity (Wildman–Crippen MR) is 105 cm³/mol. The number of ether oxygens (including phenoxy) is 1. The van der Waals surface area contributed by atoms with Gasteiger partial charge in [-0.05, 0) is 49.7 Å². The molecule has 0 spiro atoms. The molecule has 3 rings (SSSR count). The van der Waals surface area contributed by atoms with Gasteiger partial charge in [-0.2, -0.15) is 0 Å². The van der Waals surface area contributed by atoms with Crippen LogP contribution in [0.15, 0.2) is 47.3 Å². The normalized spacial score (nSPS) is 10.6. The highest BCUT2D eigenvalue weighted by Crippen LogP contribution is 2.21. The van der Waals surface area contributed by atoms with Crippen molar-refractivity contribution in [3.8, 4) is 5.75 Å². The molecule has 1 heterocycles. The van der Waals surface area contributed by atoms with E-state index < -0.39 is 5.91 Å². The van der Waals surface area contributed by atoms with E-state index in [1.54, 1.807) is 42.5 Å². The number of carbonyl (C=O) groups excluding carboxylic acids is 1. The largest absolute Gasteiger partial charge is 0.483 e. The van der Waals surface area contributed by atoms with Gasteiger partial charge in [-0.15, -0.1) is 0 Å². The molecule has 0 radical (unpaired) electrons. The first-order chi connectivity index (χ1) is 13.0. The van der Waals surface area contributed by atoms with E-state index in [2.05, 4.69) is 15.8 Å². The SMILES string of the molecule is CCn1c(NNC(=O)COc2ccc(Cl)cc2C)nc2ccccc2c1=O. The first-order valence-corrected chi connectivity index (χ1v) is 8.80. The minimum atomic E-state index is -0.408. The lowest BCUT2D eigenvalue weighted by molar-refractivity contribution is -0.122. The Morgan fingerprint density at radius 1 is 1.26 bits per heavy atom. The van der Waals surface area contributed by atoms with Crippen molar-refractivity contribution >= 4 is 34.4 Å². The molecule has 3 aromatic rings. The summed E-state index contributed by atoms with van der Waals surface area (Å²) < 4.78 is 6.94. The molecule has 27 heavy (non-hydrogen) atoms. The molecule has 0 aliphatic carbocycles. The molecular formula is C19H19ClN4O3. The third-order valence-electron chi connectivity index (χ3n) is 3.99. The van der Waals surface area contributed by atoms with Gasteiger partial charge < -0.3 is 4.74 Å². The first-order valence-electron chi connectivity index (χ1n) is 8.43. The van der Waals surface area contributed by atoms with Gasteiger partial charge in [0.1, 0.15) is 5.75 Å². The van der Waals surface area contributed by atoms with E-state index in [-0.39, 0.29) is 18.1 Å². The molecule has 0 bridgehead atoms. The second-order valence-electron chi connectivity index (χ2n) is 5.87. The van der Waals surface area contributed by atoms with Gasteiger partial charge in [-0.3, -0.25) is 25.0 Å². The van der Waals surface area contributed by atoms with Crippen LogP contribution in [0.1, 0.15) is 12.5 Å². The maximum Gasteiger partial charge on any atom is 0.276 e. The fourth-order valence-electron chi connectivity index (χ4n) is 2.64. The summed E-state index contributed by atoms with van der Waals surface area (Å²) >= 11 is 5.90. The van der Waals surface area contributed by atoms with Crippen LogP contribution in [0, 0.1) is 6.92 Å².